The Morgan fingerprint density at radius 1 is 1.31 bits per heavy atom. The van der Waals surface area contributed by atoms with E-state index in [2.05, 4.69) is 0 Å². The van der Waals surface area contributed by atoms with Gasteiger partial charge in [0.25, 0.3) is 5.91 Å². The number of hydrogen-bond donors (Lipinski definition) is 2. The molecule has 2 heterocycles. The molecule has 0 bridgehead atoms. The number of nitrogens with two attached hydrogens (primary N) is 1. The predicted octanol–water partition coefficient (Wildman–Crippen LogP) is 0.555. The Morgan fingerprint density at radius 2 is 1.97 bits per heavy atom. The molecule has 1 fully saturated rings. The van der Waals surface area contributed by atoms with Crippen molar-refractivity contribution >= 4 is 23.5 Å². The van der Waals surface area contributed by atoms with Crippen molar-refractivity contribution in [2.45, 2.75) is 31.7 Å². The number of methoxy groups -OCH3 is 2. The molecule has 10 heteroatoms. The van der Waals surface area contributed by atoms with E-state index in [9.17, 15) is 18.8 Å². The lowest BCUT2D eigenvalue weighted by atomic mass is 9.97. The number of carboxylic acid groups (broad SMARTS) is 1. The van der Waals surface area contributed by atoms with Crippen LogP contribution < -0.4 is 10.6 Å². The van der Waals surface area contributed by atoms with E-state index in [0.29, 0.717) is 24.3 Å². The molecular weight excluding hydrogens is 385 g/mol. The van der Waals surface area contributed by atoms with E-state index in [-0.39, 0.29) is 37.2 Å². The van der Waals surface area contributed by atoms with Gasteiger partial charge in [-0.25, -0.2) is 4.39 Å². The molecule has 0 saturated carbocycles. The van der Waals surface area contributed by atoms with Gasteiger partial charge in [-0.15, -0.1) is 0 Å². The van der Waals surface area contributed by atoms with E-state index >= 15 is 0 Å². The van der Waals surface area contributed by atoms with Crippen molar-refractivity contribution in [3.63, 3.8) is 0 Å². The molecule has 29 heavy (non-hydrogen) atoms. The molecule has 1 aromatic carbocycles. The fourth-order valence-corrected chi connectivity index (χ4v) is 3.93. The molecule has 2 aliphatic rings. The fourth-order valence-electron chi connectivity index (χ4n) is 3.93. The maximum atomic E-state index is 14.7. The summed E-state index contributed by atoms with van der Waals surface area (Å²) in [6.07, 6.45) is -0.785. The standard InChI is InChI=1S/C19H24FN3O6/c1-28-19(29-2)11-7-22(8-11)12-5-10-9-23(18(27)16(10)13(20)6-12)14(17(21)26)3-4-15(24)25/h5-6,11,14,19H,3-4,7-9H2,1-2H3,(H2,21,26)(H,24,25)/t14-/m0/s1. The predicted molar refractivity (Wildman–Crippen MR) is 99.6 cm³/mol. The first-order valence-corrected chi connectivity index (χ1v) is 9.21. The third-order valence-electron chi connectivity index (χ3n) is 5.43. The van der Waals surface area contributed by atoms with Gasteiger partial charge in [0.05, 0.1) is 5.56 Å². The van der Waals surface area contributed by atoms with Crippen LogP contribution in [-0.2, 0) is 25.6 Å². The Balaban J connectivity index is 1.77. The summed E-state index contributed by atoms with van der Waals surface area (Å²) < 4.78 is 25.2. The number of anilines is 1. The number of hydrogen-bond acceptors (Lipinski definition) is 6. The number of carboxylic acids is 1. The fraction of sp³-hybridized carbons (Fsp3) is 0.526. The van der Waals surface area contributed by atoms with Crippen molar-refractivity contribution in [1.82, 2.24) is 4.90 Å². The zero-order valence-electron chi connectivity index (χ0n) is 16.3. The van der Waals surface area contributed by atoms with E-state index < -0.39 is 29.6 Å². The van der Waals surface area contributed by atoms with Gasteiger partial charge in [-0.2, -0.15) is 0 Å². The lowest BCUT2D eigenvalue weighted by molar-refractivity contribution is -0.142. The summed E-state index contributed by atoms with van der Waals surface area (Å²) in [5.41, 5.74) is 6.34. The van der Waals surface area contributed by atoms with Crippen molar-refractivity contribution in [2.75, 3.05) is 32.2 Å². The van der Waals surface area contributed by atoms with E-state index in [1.54, 1.807) is 20.3 Å². The van der Waals surface area contributed by atoms with Gasteiger partial charge in [-0.1, -0.05) is 0 Å². The van der Waals surface area contributed by atoms with Gasteiger partial charge in [0, 0.05) is 51.9 Å². The van der Waals surface area contributed by atoms with Crippen LogP contribution in [0.2, 0.25) is 0 Å². The molecule has 1 atom stereocenters. The molecule has 158 valence electrons. The van der Waals surface area contributed by atoms with Gasteiger partial charge < -0.3 is 30.1 Å². The van der Waals surface area contributed by atoms with Crippen molar-refractivity contribution in [2.24, 2.45) is 11.7 Å². The summed E-state index contributed by atoms with van der Waals surface area (Å²) >= 11 is 0. The molecule has 3 N–H and O–H groups in total. The molecule has 9 nitrogen and oxygen atoms in total. The Labute approximate surface area is 167 Å². The summed E-state index contributed by atoms with van der Waals surface area (Å²) in [7, 11) is 3.12. The van der Waals surface area contributed by atoms with Crippen LogP contribution in [0.4, 0.5) is 10.1 Å². The van der Waals surface area contributed by atoms with Crippen LogP contribution in [0.15, 0.2) is 12.1 Å². The number of amides is 2. The normalized spacial score (nSPS) is 17.4. The number of aliphatic carboxylic acids is 1. The molecule has 1 saturated heterocycles. The second-order valence-corrected chi connectivity index (χ2v) is 7.25. The number of halogens is 1. The Morgan fingerprint density at radius 3 is 2.52 bits per heavy atom. The minimum Gasteiger partial charge on any atom is -0.481 e. The SMILES string of the molecule is COC(OC)C1CN(c2cc(F)c3c(c2)CN([C@@H](CCC(=O)O)C(N)=O)C3=O)C1. The molecular formula is C19H24FN3O6. The summed E-state index contributed by atoms with van der Waals surface area (Å²) in [5.74, 6) is -3.10. The largest absolute Gasteiger partial charge is 0.481 e. The first-order valence-electron chi connectivity index (χ1n) is 9.21. The maximum Gasteiger partial charge on any atom is 0.303 e. The van der Waals surface area contributed by atoms with Gasteiger partial charge in [0.2, 0.25) is 5.91 Å². The van der Waals surface area contributed by atoms with Crippen molar-refractivity contribution in [1.29, 1.82) is 0 Å². The van der Waals surface area contributed by atoms with E-state index in [1.165, 1.54) is 6.07 Å². The number of nitrogens with zero attached hydrogens (tertiary/aromatic N) is 2. The van der Waals surface area contributed by atoms with Gasteiger partial charge in [0.1, 0.15) is 11.9 Å². The molecule has 2 amide bonds. The topological polar surface area (TPSA) is 122 Å². The van der Waals surface area contributed by atoms with E-state index in [1.807, 2.05) is 4.90 Å². The summed E-state index contributed by atoms with van der Waals surface area (Å²) in [4.78, 5) is 38.4. The number of ether oxygens (including phenoxy) is 2. The average molecular weight is 409 g/mol. The highest BCUT2D eigenvalue weighted by Gasteiger charge is 2.39. The minimum atomic E-state index is -1.11. The zero-order valence-corrected chi connectivity index (χ0v) is 16.3. The van der Waals surface area contributed by atoms with E-state index in [0.717, 1.165) is 4.90 Å². The molecule has 3 rings (SSSR count). The number of fused-ring (bicyclic) bond motifs is 1. The highest BCUT2D eigenvalue weighted by molar-refractivity contribution is 6.01. The number of rotatable bonds is 9. The second-order valence-electron chi connectivity index (χ2n) is 7.25. The Bertz CT molecular complexity index is 822. The third kappa shape index (κ3) is 4.03. The van der Waals surface area contributed by atoms with Gasteiger partial charge in [-0.3, -0.25) is 14.4 Å². The second kappa shape index (κ2) is 8.34. The van der Waals surface area contributed by atoms with Gasteiger partial charge in [0.15, 0.2) is 6.29 Å². The molecule has 0 aliphatic carbocycles. The van der Waals surface area contributed by atoms with E-state index in [4.69, 9.17) is 20.3 Å². The van der Waals surface area contributed by atoms with Crippen molar-refractivity contribution in [3.8, 4) is 0 Å². The highest BCUT2D eigenvalue weighted by Crippen LogP contribution is 2.35. The quantitative estimate of drug-likeness (QED) is 0.571. The van der Waals surface area contributed by atoms with Crippen LogP contribution in [0.1, 0.15) is 28.8 Å². The highest BCUT2D eigenvalue weighted by atomic mass is 19.1. The average Bonchev–Trinajstić information content (AvgIpc) is 2.94. The first-order chi connectivity index (χ1) is 13.8. The Hall–Kier alpha value is -2.72. The lowest BCUT2D eigenvalue weighted by Gasteiger charge is -2.43. The van der Waals surface area contributed by atoms with Crippen LogP contribution in [-0.4, -0.2) is 67.4 Å². The molecule has 0 spiro atoms. The molecule has 0 radical (unpaired) electrons. The van der Waals surface area contributed by atoms with Gasteiger partial charge >= 0.3 is 5.97 Å². The Kier molecular flexibility index (Phi) is 6.04. The van der Waals surface area contributed by atoms with Crippen LogP contribution in [0.25, 0.3) is 0 Å². The van der Waals surface area contributed by atoms with Crippen LogP contribution in [0.3, 0.4) is 0 Å². The zero-order chi connectivity index (χ0) is 21.3. The summed E-state index contributed by atoms with van der Waals surface area (Å²) in [5, 5.41) is 8.86. The number of primary amides is 1. The number of benzene rings is 1. The molecule has 2 aliphatic heterocycles. The first kappa shape index (κ1) is 21.0. The van der Waals surface area contributed by atoms with Crippen molar-refractivity contribution in [3.05, 3.63) is 29.1 Å². The lowest BCUT2D eigenvalue weighted by Crippen LogP contribution is -2.53. The summed E-state index contributed by atoms with van der Waals surface area (Å²) in [6.45, 7) is 1.23. The summed E-state index contributed by atoms with van der Waals surface area (Å²) in [6, 6.07) is 1.91. The monoisotopic (exact) mass is 409 g/mol. The minimum absolute atomic E-state index is 0.00217. The molecule has 0 unspecified atom stereocenters. The molecule has 0 aromatic heterocycles. The number of carbonyl (C=O) groups is 3. The third-order valence-corrected chi connectivity index (χ3v) is 5.43. The van der Waals surface area contributed by atoms with Crippen molar-refractivity contribution < 1.29 is 33.4 Å². The van der Waals surface area contributed by atoms with Crippen LogP contribution in [0, 0.1) is 11.7 Å². The van der Waals surface area contributed by atoms with Crippen LogP contribution >= 0.6 is 0 Å². The maximum absolute atomic E-state index is 14.7. The smallest absolute Gasteiger partial charge is 0.303 e. The molecule has 1 aromatic rings. The van der Waals surface area contributed by atoms with Crippen LogP contribution in [0.5, 0.6) is 0 Å². The van der Waals surface area contributed by atoms with Gasteiger partial charge in [-0.05, 0) is 24.1 Å². The number of carbonyl (C=O) groups excluding carboxylic acids is 2.